The van der Waals surface area contributed by atoms with Crippen molar-refractivity contribution in [1.82, 2.24) is 5.32 Å². The topological polar surface area (TPSA) is 108 Å². The number of hydrogen-bond acceptors (Lipinski definition) is 7. The number of amides is 2. The standard InChI is InChI=1S/C21H19NO7/c1-27-17-6-4-3-5-16(17)20(25)22-18(23)13-29-19(24)12-9-14-7-10-15(11-8-14)21(26)28-2/h3-12H,13H2,1-2H3,(H,22,23,25)/b12-9+. The Morgan fingerprint density at radius 3 is 2.31 bits per heavy atom. The van der Waals surface area contributed by atoms with Gasteiger partial charge in [-0.3, -0.25) is 14.9 Å². The normalized spacial score (nSPS) is 10.3. The van der Waals surface area contributed by atoms with Crippen LogP contribution in [-0.2, 0) is 19.1 Å². The van der Waals surface area contributed by atoms with Gasteiger partial charge in [-0.25, -0.2) is 9.59 Å². The summed E-state index contributed by atoms with van der Waals surface area (Å²) in [7, 11) is 2.69. The number of nitrogens with one attached hydrogen (secondary N) is 1. The number of benzene rings is 2. The first-order valence-corrected chi connectivity index (χ1v) is 8.45. The van der Waals surface area contributed by atoms with Crippen LogP contribution < -0.4 is 10.1 Å². The number of hydrogen-bond donors (Lipinski definition) is 1. The molecular weight excluding hydrogens is 378 g/mol. The smallest absolute Gasteiger partial charge is 0.337 e. The zero-order chi connectivity index (χ0) is 21.2. The third-order valence-electron chi connectivity index (χ3n) is 3.69. The molecule has 0 aliphatic carbocycles. The van der Waals surface area contributed by atoms with Crippen LogP contribution in [0.3, 0.4) is 0 Å². The molecule has 2 aromatic carbocycles. The first-order valence-electron chi connectivity index (χ1n) is 8.45. The fraction of sp³-hybridized carbons (Fsp3) is 0.143. The molecule has 2 amide bonds. The summed E-state index contributed by atoms with van der Waals surface area (Å²) < 4.78 is 14.5. The Morgan fingerprint density at radius 1 is 0.966 bits per heavy atom. The number of rotatable bonds is 7. The van der Waals surface area contributed by atoms with Crippen molar-refractivity contribution in [3.63, 3.8) is 0 Å². The summed E-state index contributed by atoms with van der Waals surface area (Å²) in [5.74, 6) is -2.35. The van der Waals surface area contributed by atoms with Gasteiger partial charge in [-0.2, -0.15) is 0 Å². The fourth-order valence-electron chi connectivity index (χ4n) is 2.26. The second-order valence-electron chi connectivity index (χ2n) is 5.63. The predicted octanol–water partition coefficient (Wildman–Crippen LogP) is 1.99. The van der Waals surface area contributed by atoms with Gasteiger partial charge in [0.25, 0.3) is 11.8 Å². The molecule has 2 aromatic rings. The molecule has 0 aliphatic heterocycles. The molecule has 0 saturated heterocycles. The average molecular weight is 397 g/mol. The van der Waals surface area contributed by atoms with Crippen LogP contribution >= 0.6 is 0 Å². The number of carbonyl (C=O) groups excluding carboxylic acids is 4. The summed E-state index contributed by atoms with van der Waals surface area (Å²) >= 11 is 0. The Bertz CT molecular complexity index is 932. The van der Waals surface area contributed by atoms with E-state index in [-0.39, 0.29) is 5.56 Å². The van der Waals surface area contributed by atoms with Crippen LogP contribution in [0.5, 0.6) is 5.75 Å². The minimum Gasteiger partial charge on any atom is -0.496 e. The maximum Gasteiger partial charge on any atom is 0.337 e. The van der Waals surface area contributed by atoms with Crippen molar-refractivity contribution in [2.24, 2.45) is 0 Å². The molecule has 8 heteroatoms. The van der Waals surface area contributed by atoms with E-state index in [2.05, 4.69) is 10.1 Å². The van der Waals surface area contributed by atoms with Gasteiger partial charge in [0.2, 0.25) is 0 Å². The Balaban J connectivity index is 1.83. The van der Waals surface area contributed by atoms with Crippen LogP contribution in [0.15, 0.2) is 54.6 Å². The van der Waals surface area contributed by atoms with Crippen molar-refractivity contribution in [3.05, 3.63) is 71.3 Å². The molecule has 1 N–H and O–H groups in total. The van der Waals surface area contributed by atoms with E-state index in [1.54, 1.807) is 42.5 Å². The zero-order valence-electron chi connectivity index (χ0n) is 15.8. The third-order valence-corrected chi connectivity index (χ3v) is 3.69. The van der Waals surface area contributed by atoms with E-state index < -0.39 is 30.4 Å². The van der Waals surface area contributed by atoms with Gasteiger partial charge < -0.3 is 14.2 Å². The summed E-state index contributed by atoms with van der Waals surface area (Å²) in [5, 5.41) is 2.12. The van der Waals surface area contributed by atoms with Crippen LogP contribution in [0.4, 0.5) is 0 Å². The van der Waals surface area contributed by atoms with Crippen molar-refractivity contribution in [2.75, 3.05) is 20.8 Å². The largest absolute Gasteiger partial charge is 0.496 e. The lowest BCUT2D eigenvalue weighted by molar-refractivity contribution is -0.143. The van der Waals surface area contributed by atoms with Crippen molar-refractivity contribution < 1.29 is 33.4 Å². The molecule has 0 saturated carbocycles. The molecule has 0 spiro atoms. The lowest BCUT2D eigenvalue weighted by atomic mass is 10.1. The van der Waals surface area contributed by atoms with E-state index in [9.17, 15) is 19.2 Å². The maximum atomic E-state index is 12.1. The number of para-hydroxylation sites is 1. The number of methoxy groups -OCH3 is 2. The maximum absolute atomic E-state index is 12.1. The molecule has 0 aliphatic rings. The molecule has 0 atom stereocenters. The highest BCUT2D eigenvalue weighted by atomic mass is 16.5. The number of esters is 2. The summed E-state index contributed by atoms with van der Waals surface area (Å²) in [4.78, 5) is 47.0. The van der Waals surface area contributed by atoms with Crippen LogP contribution in [-0.4, -0.2) is 44.6 Å². The van der Waals surface area contributed by atoms with Crippen LogP contribution in [0, 0.1) is 0 Å². The van der Waals surface area contributed by atoms with Crippen LogP contribution in [0.2, 0.25) is 0 Å². The lowest BCUT2D eigenvalue weighted by Crippen LogP contribution is -2.34. The van der Waals surface area contributed by atoms with Crippen LogP contribution in [0.25, 0.3) is 6.08 Å². The molecule has 0 heterocycles. The van der Waals surface area contributed by atoms with Crippen molar-refractivity contribution in [2.45, 2.75) is 0 Å². The minimum atomic E-state index is -0.773. The van der Waals surface area contributed by atoms with Gasteiger partial charge in [-0.15, -0.1) is 0 Å². The van der Waals surface area contributed by atoms with Crippen molar-refractivity contribution >= 4 is 29.8 Å². The van der Waals surface area contributed by atoms with E-state index in [1.165, 1.54) is 26.4 Å². The SMILES string of the molecule is COC(=O)c1ccc(/C=C/C(=O)OCC(=O)NC(=O)c2ccccc2OC)cc1. The number of carbonyl (C=O) groups is 4. The quantitative estimate of drug-likeness (QED) is 0.562. The Kier molecular flexibility index (Phi) is 7.67. The highest BCUT2D eigenvalue weighted by Gasteiger charge is 2.15. The average Bonchev–Trinajstić information content (AvgIpc) is 2.75. The zero-order valence-corrected chi connectivity index (χ0v) is 15.8. The molecule has 0 aromatic heterocycles. The van der Waals surface area contributed by atoms with E-state index in [4.69, 9.17) is 9.47 Å². The first kappa shape index (κ1) is 21.4. The van der Waals surface area contributed by atoms with E-state index >= 15 is 0 Å². The Hall–Kier alpha value is -3.94. The van der Waals surface area contributed by atoms with E-state index in [0.717, 1.165) is 6.08 Å². The second-order valence-corrected chi connectivity index (χ2v) is 5.63. The van der Waals surface area contributed by atoms with Crippen molar-refractivity contribution in [3.8, 4) is 5.75 Å². The fourth-order valence-corrected chi connectivity index (χ4v) is 2.26. The van der Waals surface area contributed by atoms with Crippen molar-refractivity contribution in [1.29, 1.82) is 0 Å². The van der Waals surface area contributed by atoms with Gasteiger partial charge >= 0.3 is 11.9 Å². The minimum absolute atomic E-state index is 0.185. The number of imide groups is 1. The number of ether oxygens (including phenoxy) is 3. The first-order chi connectivity index (χ1) is 13.9. The summed E-state index contributed by atoms with van der Waals surface area (Å²) in [6.07, 6.45) is 2.59. The highest BCUT2D eigenvalue weighted by molar-refractivity contribution is 6.06. The van der Waals surface area contributed by atoms with Gasteiger partial charge in [0.1, 0.15) is 5.75 Å². The van der Waals surface area contributed by atoms with Gasteiger partial charge in [0.15, 0.2) is 6.61 Å². The third kappa shape index (κ3) is 6.31. The molecule has 0 radical (unpaired) electrons. The molecular formula is C21H19NO7. The van der Waals surface area contributed by atoms with Gasteiger partial charge in [-0.05, 0) is 35.9 Å². The highest BCUT2D eigenvalue weighted by Crippen LogP contribution is 2.16. The molecule has 0 unspecified atom stereocenters. The summed E-state index contributed by atoms with van der Waals surface area (Å²) in [5.41, 5.74) is 1.21. The molecule has 0 fully saturated rings. The molecule has 2 rings (SSSR count). The Labute approximate surface area is 167 Å². The monoisotopic (exact) mass is 397 g/mol. The molecule has 29 heavy (non-hydrogen) atoms. The molecule has 150 valence electrons. The summed E-state index contributed by atoms with van der Waals surface area (Å²) in [6, 6.07) is 12.7. The van der Waals surface area contributed by atoms with E-state index in [0.29, 0.717) is 16.9 Å². The van der Waals surface area contributed by atoms with Gasteiger partial charge in [-0.1, -0.05) is 24.3 Å². The summed E-state index contributed by atoms with van der Waals surface area (Å²) in [6.45, 7) is -0.620. The lowest BCUT2D eigenvalue weighted by Gasteiger charge is -2.08. The van der Waals surface area contributed by atoms with Crippen LogP contribution in [0.1, 0.15) is 26.3 Å². The molecule has 0 bridgehead atoms. The van der Waals surface area contributed by atoms with Gasteiger partial charge in [0.05, 0.1) is 25.3 Å². The molecule has 8 nitrogen and oxygen atoms in total. The van der Waals surface area contributed by atoms with Gasteiger partial charge in [0, 0.05) is 6.08 Å². The Morgan fingerprint density at radius 2 is 1.66 bits per heavy atom. The predicted molar refractivity (Wildman–Crippen MR) is 103 cm³/mol. The second kappa shape index (κ2) is 10.4. The van der Waals surface area contributed by atoms with E-state index in [1.807, 2.05) is 0 Å².